The largest absolute Gasteiger partial charge is 0.493 e. The summed E-state index contributed by atoms with van der Waals surface area (Å²) in [6, 6.07) is 9.92. The number of methoxy groups -OCH3 is 2. The molecule has 0 spiro atoms. The maximum atomic E-state index is 13.0. The van der Waals surface area contributed by atoms with Crippen molar-refractivity contribution < 1.29 is 14.3 Å². The van der Waals surface area contributed by atoms with Crippen LogP contribution in [0.4, 0.5) is 5.00 Å². The van der Waals surface area contributed by atoms with Crippen molar-refractivity contribution in [2.75, 3.05) is 52.8 Å². The average Bonchev–Trinajstić information content (AvgIpc) is 3.45. The molecule has 1 fully saturated rings. The molecule has 1 amide bonds. The Bertz CT molecular complexity index is 1100. The lowest BCUT2D eigenvalue weighted by Crippen LogP contribution is -2.46. The van der Waals surface area contributed by atoms with Crippen LogP contribution in [0.1, 0.15) is 37.3 Å². The number of anilines is 1. The molecule has 8 heteroatoms. The van der Waals surface area contributed by atoms with Gasteiger partial charge in [-0.3, -0.25) is 9.69 Å². The summed E-state index contributed by atoms with van der Waals surface area (Å²) in [5, 5.41) is 6.07. The van der Waals surface area contributed by atoms with Gasteiger partial charge >= 0.3 is 0 Å². The van der Waals surface area contributed by atoms with Gasteiger partial charge in [-0.1, -0.05) is 12.1 Å². The zero-order chi connectivity index (χ0) is 23.5. The minimum absolute atomic E-state index is 0.00194. The lowest BCUT2D eigenvalue weighted by atomic mass is 9.94. The Morgan fingerprint density at radius 3 is 2.42 bits per heavy atom. The van der Waals surface area contributed by atoms with Gasteiger partial charge in [-0.05, 0) is 55.6 Å². The molecule has 0 unspecified atom stereocenters. The second kappa shape index (κ2) is 10.3. The van der Waals surface area contributed by atoms with Gasteiger partial charge in [-0.25, -0.2) is 0 Å². The van der Waals surface area contributed by atoms with Gasteiger partial charge in [-0.2, -0.15) is 0 Å². The molecule has 0 saturated carbocycles. The van der Waals surface area contributed by atoms with Crippen LogP contribution >= 0.6 is 22.7 Å². The van der Waals surface area contributed by atoms with Gasteiger partial charge in [0.1, 0.15) is 5.00 Å². The molecule has 1 aromatic carbocycles. The third-order valence-electron chi connectivity index (χ3n) is 6.30. The molecule has 1 N–H and O–H groups in total. The molecule has 3 heterocycles. The molecule has 176 valence electrons. The number of carbonyl (C=O) groups is 1. The fourth-order valence-corrected chi connectivity index (χ4v) is 6.01. The first-order chi connectivity index (χ1) is 15.9. The summed E-state index contributed by atoms with van der Waals surface area (Å²) in [7, 11) is 5.48. The predicted molar refractivity (Wildman–Crippen MR) is 137 cm³/mol. The Labute approximate surface area is 203 Å². The molecule has 1 aliphatic rings. The molecule has 1 aliphatic heterocycles. The van der Waals surface area contributed by atoms with Crippen molar-refractivity contribution >= 4 is 33.6 Å². The Morgan fingerprint density at radius 1 is 1.06 bits per heavy atom. The zero-order valence-corrected chi connectivity index (χ0v) is 21.4. The molecule has 1 atom stereocenters. The highest BCUT2D eigenvalue weighted by atomic mass is 32.1. The number of thiophene rings is 2. The quantitative estimate of drug-likeness (QED) is 0.509. The van der Waals surface area contributed by atoms with E-state index in [1.54, 1.807) is 25.6 Å². The summed E-state index contributed by atoms with van der Waals surface area (Å²) in [5.74, 6) is 1.36. The highest BCUT2D eigenvalue weighted by Gasteiger charge is 2.31. The number of piperazine rings is 1. The fraction of sp³-hybridized carbons (Fsp3) is 0.400. The van der Waals surface area contributed by atoms with Crippen molar-refractivity contribution in [3.8, 4) is 11.5 Å². The zero-order valence-electron chi connectivity index (χ0n) is 19.8. The molecular weight excluding hydrogens is 454 g/mol. The topological polar surface area (TPSA) is 54.0 Å². The van der Waals surface area contributed by atoms with Gasteiger partial charge in [0.05, 0.1) is 25.1 Å². The molecular formula is C25H31N3O3S2. The monoisotopic (exact) mass is 485 g/mol. The number of aryl methyl sites for hydroxylation is 1. The Hall–Kier alpha value is -2.39. The fourth-order valence-electron chi connectivity index (χ4n) is 4.30. The second-order valence-electron chi connectivity index (χ2n) is 8.31. The maximum Gasteiger partial charge on any atom is 0.266 e. The molecule has 0 radical (unpaired) electrons. The minimum atomic E-state index is -0.0584. The number of rotatable bonds is 7. The summed E-state index contributed by atoms with van der Waals surface area (Å²) >= 11 is 3.11. The predicted octanol–water partition coefficient (Wildman–Crippen LogP) is 5.03. The molecule has 0 bridgehead atoms. The summed E-state index contributed by atoms with van der Waals surface area (Å²) in [6.45, 7) is 8.18. The number of nitrogens with one attached hydrogen (secondary N) is 1. The van der Waals surface area contributed by atoms with Crippen LogP contribution < -0.4 is 14.8 Å². The van der Waals surface area contributed by atoms with Crippen LogP contribution in [0.2, 0.25) is 0 Å². The van der Waals surface area contributed by atoms with Crippen molar-refractivity contribution in [2.45, 2.75) is 19.9 Å². The lowest BCUT2D eigenvalue weighted by molar-refractivity contribution is 0.103. The van der Waals surface area contributed by atoms with Crippen molar-refractivity contribution in [1.82, 2.24) is 9.80 Å². The van der Waals surface area contributed by atoms with E-state index < -0.39 is 0 Å². The van der Waals surface area contributed by atoms with Crippen LogP contribution in [0.25, 0.3) is 0 Å². The minimum Gasteiger partial charge on any atom is -0.493 e. The normalized spacial score (nSPS) is 15.9. The van der Waals surface area contributed by atoms with E-state index in [2.05, 4.69) is 48.1 Å². The number of hydrogen-bond acceptors (Lipinski definition) is 7. The van der Waals surface area contributed by atoms with Gasteiger partial charge in [0, 0.05) is 36.6 Å². The Balaban J connectivity index is 1.80. The number of likely N-dealkylation sites (N-methyl/N-ethyl adjacent to an activating group) is 1. The third-order valence-corrected chi connectivity index (χ3v) is 8.31. The molecule has 0 aliphatic carbocycles. The summed E-state index contributed by atoms with van der Waals surface area (Å²) in [6.07, 6.45) is 0. The van der Waals surface area contributed by atoms with E-state index in [0.717, 1.165) is 36.7 Å². The van der Waals surface area contributed by atoms with Crippen LogP contribution in [0.15, 0.2) is 35.7 Å². The van der Waals surface area contributed by atoms with E-state index in [1.807, 2.05) is 23.6 Å². The highest BCUT2D eigenvalue weighted by molar-refractivity contribution is 7.17. The first kappa shape index (κ1) is 23.8. The number of hydrogen-bond donors (Lipinski definition) is 1. The van der Waals surface area contributed by atoms with Gasteiger partial charge in [0.15, 0.2) is 11.5 Å². The van der Waals surface area contributed by atoms with Crippen molar-refractivity contribution in [2.24, 2.45) is 0 Å². The summed E-state index contributed by atoms with van der Waals surface area (Å²) in [5.41, 5.74) is 3.52. The summed E-state index contributed by atoms with van der Waals surface area (Å²) < 4.78 is 11.1. The molecule has 1 saturated heterocycles. The Morgan fingerprint density at radius 2 is 1.79 bits per heavy atom. The third kappa shape index (κ3) is 4.94. The lowest BCUT2D eigenvalue weighted by Gasteiger charge is -2.39. The smallest absolute Gasteiger partial charge is 0.266 e. The SMILES string of the molecule is COc1ccc([C@@H](c2c(NC(=O)c3cccs3)sc(C)c2C)N2CCN(C)CC2)cc1OC. The van der Waals surface area contributed by atoms with Gasteiger partial charge in [0.25, 0.3) is 5.91 Å². The van der Waals surface area contributed by atoms with Crippen LogP contribution in [-0.4, -0.2) is 63.2 Å². The van der Waals surface area contributed by atoms with Crippen LogP contribution in [0.3, 0.4) is 0 Å². The van der Waals surface area contributed by atoms with E-state index in [4.69, 9.17) is 9.47 Å². The number of nitrogens with zero attached hydrogens (tertiary/aromatic N) is 2. The molecule has 4 rings (SSSR count). The standard InChI is InChI=1S/C25H31N3O3S2/c1-16-17(2)33-25(26-24(29)21-7-6-14-32-21)22(16)23(28-12-10-27(3)11-13-28)18-8-9-19(30-4)20(15-18)31-5/h6-9,14-15,23H,10-13H2,1-5H3,(H,26,29)/t23-/m0/s1. The number of benzene rings is 1. The number of ether oxygens (including phenoxy) is 2. The number of carbonyl (C=O) groups excluding carboxylic acids is 1. The van der Waals surface area contributed by atoms with Gasteiger partial charge in [-0.15, -0.1) is 22.7 Å². The average molecular weight is 486 g/mol. The summed E-state index contributed by atoms with van der Waals surface area (Å²) in [4.78, 5) is 19.8. The van der Waals surface area contributed by atoms with E-state index in [1.165, 1.54) is 27.3 Å². The molecule has 3 aromatic rings. The number of amides is 1. The first-order valence-electron chi connectivity index (χ1n) is 11.0. The van der Waals surface area contributed by atoms with Crippen LogP contribution in [0.5, 0.6) is 11.5 Å². The highest BCUT2D eigenvalue weighted by Crippen LogP contribution is 2.44. The van der Waals surface area contributed by atoms with Crippen molar-refractivity contribution in [3.05, 3.63) is 62.2 Å². The molecule has 2 aromatic heterocycles. The first-order valence-corrected chi connectivity index (χ1v) is 12.7. The van der Waals surface area contributed by atoms with E-state index in [0.29, 0.717) is 16.4 Å². The molecule has 33 heavy (non-hydrogen) atoms. The van der Waals surface area contributed by atoms with E-state index in [9.17, 15) is 4.79 Å². The van der Waals surface area contributed by atoms with E-state index in [-0.39, 0.29) is 11.9 Å². The van der Waals surface area contributed by atoms with Gasteiger partial charge < -0.3 is 19.7 Å². The van der Waals surface area contributed by atoms with Crippen LogP contribution in [0, 0.1) is 13.8 Å². The van der Waals surface area contributed by atoms with Crippen molar-refractivity contribution in [1.29, 1.82) is 0 Å². The van der Waals surface area contributed by atoms with Crippen molar-refractivity contribution in [3.63, 3.8) is 0 Å². The maximum absolute atomic E-state index is 13.0. The van der Waals surface area contributed by atoms with Gasteiger partial charge in [0.2, 0.25) is 0 Å². The molecule has 6 nitrogen and oxygen atoms in total. The second-order valence-corrected chi connectivity index (χ2v) is 10.5. The Kier molecular flexibility index (Phi) is 7.38. The van der Waals surface area contributed by atoms with Crippen LogP contribution in [-0.2, 0) is 0 Å². The van der Waals surface area contributed by atoms with E-state index >= 15 is 0 Å².